The van der Waals surface area contributed by atoms with E-state index in [0.717, 1.165) is 11.1 Å². The van der Waals surface area contributed by atoms with Gasteiger partial charge < -0.3 is 15.7 Å². The first-order chi connectivity index (χ1) is 12.5. The maximum Gasteiger partial charge on any atom is 0.335 e. The summed E-state index contributed by atoms with van der Waals surface area (Å²) in [5.74, 6) is -1.16. The van der Waals surface area contributed by atoms with Gasteiger partial charge in [0.25, 0.3) is 5.91 Å². The third-order valence-corrected chi connectivity index (χ3v) is 3.99. The first kappa shape index (κ1) is 19.2. The van der Waals surface area contributed by atoms with E-state index in [2.05, 4.69) is 10.6 Å². The third kappa shape index (κ3) is 5.73. The van der Waals surface area contributed by atoms with Gasteiger partial charge in [-0.25, -0.2) is 4.79 Å². The largest absolute Gasteiger partial charge is 0.478 e. The average molecular weight is 354 g/mol. The van der Waals surface area contributed by atoms with E-state index in [1.54, 1.807) is 25.2 Å². The van der Waals surface area contributed by atoms with E-state index in [1.807, 2.05) is 18.2 Å². The lowest BCUT2D eigenvalue weighted by Crippen LogP contribution is -2.26. The van der Waals surface area contributed by atoms with E-state index in [0.29, 0.717) is 31.4 Å². The van der Waals surface area contributed by atoms with Crippen molar-refractivity contribution in [3.05, 3.63) is 70.8 Å². The van der Waals surface area contributed by atoms with Crippen molar-refractivity contribution >= 4 is 17.8 Å². The van der Waals surface area contributed by atoms with Crippen LogP contribution in [0.2, 0.25) is 0 Å². The van der Waals surface area contributed by atoms with E-state index in [4.69, 9.17) is 5.11 Å². The molecule has 0 unspecified atom stereocenters. The Labute approximate surface area is 152 Å². The standard InChI is InChI=1S/C20H22N2O4/c1-21-19(24)17-4-2-3-15(13-17)11-12-22-18(23)10-7-14-5-8-16(9-6-14)20(25)26/h2-6,8-9,13H,7,10-12H2,1H3,(H,21,24)(H,22,23)(H,25,26). The molecule has 2 aromatic rings. The number of aryl methyl sites for hydroxylation is 1. The second kappa shape index (κ2) is 9.36. The van der Waals surface area contributed by atoms with Gasteiger partial charge in [-0.15, -0.1) is 0 Å². The molecule has 0 heterocycles. The minimum Gasteiger partial charge on any atom is -0.478 e. The Hall–Kier alpha value is -3.15. The number of amides is 2. The SMILES string of the molecule is CNC(=O)c1cccc(CCNC(=O)CCc2ccc(C(=O)O)cc2)c1. The predicted octanol–water partition coefficient (Wildman–Crippen LogP) is 2.04. The summed E-state index contributed by atoms with van der Waals surface area (Å²) in [6, 6.07) is 13.8. The fourth-order valence-corrected chi connectivity index (χ4v) is 2.52. The Kier molecular flexibility index (Phi) is 6.91. The van der Waals surface area contributed by atoms with Crippen LogP contribution in [0.4, 0.5) is 0 Å². The summed E-state index contributed by atoms with van der Waals surface area (Å²) in [5.41, 5.74) is 2.73. The summed E-state index contributed by atoms with van der Waals surface area (Å²) in [5, 5.41) is 14.3. The van der Waals surface area contributed by atoms with Crippen LogP contribution in [0.1, 0.15) is 38.3 Å². The first-order valence-electron chi connectivity index (χ1n) is 8.39. The van der Waals surface area contributed by atoms with E-state index in [-0.39, 0.29) is 17.4 Å². The zero-order valence-corrected chi connectivity index (χ0v) is 14.6. The number of carboxylic acids is 1. The number of carbonyl (C=O) groups excluding carboxylic acids is 2. The molecule has 6 nitrogen and oxygen atoms in total. The van der Waals surface area contributed by atoms with Crippen LogP contribution in [0.25, 0.3) is 0 Å². The number of aromatic carboxylic acids is 1. The summed E-state index contributed by atoms with van der Waals surface area (Å²) in [6.07, 6.45) is 1.53. The van der Waals surface area contributed by atoms with Crippen LogP contribution in [-0.2, 0) is 17.6 Å². The monoisotopic (exact) mass is 354 g/mol. The van der Waals surface area contributed by atoms with Gasteiger partial charge in [0.05, 0.1) is 5.56 Å². The highest BCUT2D eigenvalue weighted by molar-refractivity contribution is 5.94. The first-order valence-corrected chi connectivity index (χ1v) is 8.39. The van der Waals surface area contributed by atoms with Crippen molar-refractivity contribution in [2.45, 2.75) is 19.3 Å². The fraction of sp³-hybridized carbons (Fsp3) is 0.250. The van der Waals surface area contributed by atoms with Crippen molar-refractivity contribution in [3.63, 3.8) is 0 Å². The Bertz CT molecular complexity index is 785. The van der Waals surface area contributed by atoms with E-state index >= 15 is 0 Å². The Morgan fingerprint density at radius 2 is 1.65 bits per heavy atom. The summed E-state index contributed by atoms with van der Waals surface area (Å²) in [4.78, 5) is 34.3. The number of nitrogens with one attached hydrogen (secondary N) is 2. The molecule has 0 spiro atoms. The second-order valence-corrected chi connectivity index (χ2v) is 5.88. The smallest absolute Gasteiger partial charge is 0.335 e. The minimum atomic E-state index is -0.963. The van der Waals surface area contributed by atoms with Gasteiger partial charge in [0.15, 0.2) is 0 Å². The lowest BCUT2D eigenvalue weighted by Gasteiger charge is -2.07. The Balaban J connectivity index is 1.75. The molecule has 2 aromatic carbocycles. The van der Waals surface area contributed by atoms with Gasteiger partial charge in [-0.1, -0.05) is 24.3 Å². The minimum absolute atomic E-state index is 0.0604. The van der Waals surface area contributed by atoms with Crippen molar-refractivity contribution in [1.29, 1.82) is 0 Å². The summed E-state index contributed by atoms with van der Waals surface area (Å²) < 4.78 is 0. The second-order valence-electron chi connectivity index (χ2n) is 5.88. The molecule has 0 atom stereocenters. The molecule has 0 fully saturated rings. The molecule has 0 saturated carbocycles. The summed E-state index contributed by atoms with van der Waals surface area (Å²) >= 11 is 0. The number of rotatable bonds is 8. The molecule has 0 radical (unpaired) electrons. The third-order valence-electron chi connectivity index (χ3n) is 3.99. The topological polar surface area (TPSA) is 95.5 Å². The zero-order chi connectivity index (χ0) is 18.9. The lowest BCUT2D eigenvalue weighted by atomic mass is 10.1. The molecule has 2 amide bonds. The highest BCUT2D eigenvalue weighted by Crippen LogP contribution is 2.08. The van der Waals surface area contributed by atoms with Crippen molar-refractivity contribution in [2.24, 2.45) is 0 Å². The van der Waals surface area contributed by atoms with E-state index in [1.165, 1.54) is 12.1 Å². The quantitative estimate of drug-likeness (QED) is 0.676. The van der Waals surface area contributed by atoms with Crippen LogP contribution in [-0.4, -0.2) is 36.5 Å². The van der Waals surface area contributed by atoms with Crippen molar-refractivity contribution in [1.82, 2.24) is 10.6 Å². The highest BCUT2D eigenvalue weighted by atomic mass is 16.4. The van der Waals surface area contributed by atoms with Crippen LogP contribution in [0.15, 0.2) is 48.5 Å². The molecule has 0 bridgehead atoms. The van der Waals surface area contributed by atoms with E-state index in [9.17, 15) is 14.4 Å². The van der Waals surface area contributed by atoms with Crippen LogP contribution in [0, 0.1) is 0 Å². The van der Waals surface area contributed by atoms with Gasteiger partial charge in [-0.05, 0) is 48.2 Å². The van der Waals surface area contributed by atoms with Crippen molar-refractivity contribution < 1.29 is 19.5 Å². The maximum atomic E-state index is 11.9. The summed E-state index contributed by atoms with van der Waals surface area (Å²) in [6.45, 7) is 0.494. The number of hydrogen-bond acceptors (Lipinski definition) is 3. The van der Waals surface area contributed by atoms with Gasteiger partial charge >= 0.3 is 5.97 Å². The van der Waals surface area contributed by atoms with Gasteiger partial charge in [0.1, 0.15) is 0 Å². The van der Waals surface area contributed by atoms with Gasteiger partial charge in [0, 0.05) is 25.6 Å². The number of benzene rings is 2. The molecule has 0 aliphatic heterocycles. The summed E-state index contributed by atoms with van der Waals surface area (Å²) in [7, 11) is 1.59. The molecule has 6 heteroatoms. The molecular formula is C20H22N2O4. The molecule has 136 valence electrons. The molecule has 3 N–H and O–H groups in total. The van der Waals surface area contributed by atoms with Gasteiger partial charge in [0.2, 0.25) is 5.91 Å². The normalized spacial score (nSPS) is 10.2. The Morgan fingerprint density at radius 3 is 2.31 bits per heavy atom. The molecule has 0 aliphatic rings. The predicted molar refractivity (Wildman–Crippen MR) is 98.3 cm³/mol. The fourth-order valence-electron chi connectivity index (χ4n) is 2.52. The number of hydrogen-bond donors (Lipinski definition) is 3. The van der Waals surface area contributed by atoms with Gasteiger partial charge in [-0.3, -0.25) is 9.59 Å². The van der Waals surface area contributed by atoms with E-state index < -0.39 is 5.97 Å². The van der Waals surface area contributed by atoms with Crippen molar-refractivity contribution in [2.75, 3.05) is 13.6 Å². The highest BCUT2D eigenvalue weighted by Gasteiger charge is 2.06. The number of carboxylic acid groups (broad SMARTS) is 1. The molecule has 0 aliphatic carbocycles. The molecular weight excluding hydrogens is 332 g/mol. The number of carbonyl (C=O) groups is 3. The molecule has 0 saturated heterocycles. The van der Waals surface area contributed by atoms with Crippen LogP contribution in [0.3, 0.4) is 0 Å². The molecule has 26 heavy (non-hydrogen) atoms. The average Bonchev–Trinajstić information content (AvgIpc) is 2.66. The lowest BCUT2D eigenvalue weighted by molar-refractivity contribution is -0.121. The molecule has 0 aromatic heterocycles. The van der Waals surface area contributed by atoms with Gasteiger partial charge in [-0.2, -0.15) is 0 Å². The Morgan fingerprint density at radius 1 is 0.923 bits per heavy atom. The van der Waals surface area contributed by atoms with Crippen molar-refractivity contribution in [3.8, 4) is 0 Å². The molecule has 2 rings (SSSR count). The van der Waals surface area contributed by atoms with Crippen LogP contribution < -0.4 is 10.6 Å². The van der Waals surface area contributed by atoms with Crippen LogP contribution >= 0.6 is 0 Å². The maximum absolute atomic E-state index is 11.9. The zero-order valence-electron chi connectivity index (χ0n) is 14.6. The van der Waals surface area contributed by atoms with Crippen LogP contribution in [0.5, 0.6) is 0 Å².